The Morgan fingerprint density at radius 1 is 1.26 bits per heavy atom. The maximum Gasteiger partial charge on any atom is 0.235 e. The topological polar surface area (TPSA) is 96.5 Å². The van der Waals surface area contributed by atoms with E-state index in [9.17, 15) is 13.2 Å². The molecule has 0 aliphatic rings. The largest absolute Gasteiger partial charge is 0.378 e. The molecule has 9 heteroatoms. The van der Waals surface area contributed by atoms with E-state index in [1.54, 1.807) is 7.05 Å². The number of ether oxygens (including phenoxy) is 1. The first kappa shape index (κ1) is 20.9. The lowest BCUT2D eigenvalue weighted by Gasteiger charge is -2.09. The van der Waals surface area contributed by atoms with Gasteiger partial charge in [-0.05, 0) is 20.9 Å². The van der Waals surface area contributed by atoms with Gasteiger partial charge in [-0.2, -0.15) is 0 Å². The van der Waals surface area contributed by atoms with Crippen molar-refractivity contribution < 1.29 is 17.9 Å². The third-order valence-corrected chi connectivity index (χ3v) is 3.24. The summed E-state index contributed by atoms with van der Waals surface area (Å²) in [6, 6.07) is 0. The van der Waals surface area contributed by atoms with Gasteiger partial charge in [-0.15, -0.1) is 12.4 Å². The number of carbonyl (C=O) groups is 1. The molecular weight excluding hydrogens is 294 g/mol. The number of carbonyl (C=O) groups excluding carboxylic acids is 1. The lowest BCUT2D eigenvalue weighted by molar-refractivity contribution is -0.119. The highest BCUT2D eigenvalue weighted by Crippen LogP contribution is 1.90. The molecule has 0 saturated heterocycles. The van der Waals surface area contributed by atoms with Crippen molar-refractivity contribution in [2.24, 2.45) is 0 Å². The van der Waals surface area contributed by atoms with E-state index < -0.39 is 10.0 Å². The van der Waals surface area contributed by atoms with Crippen LogP contribution >= 0.6 is 12.4 Å². The number of hydrogen-bond donors (Lipinski definition) is 3. The minimum absolute atomic E-state index is 0. The Kier molecular flexibility index (Phi) is 12.6. The van der Waals surface area contributed by atoms with Crippen LogP contribution in [0.25, 0.3) is 0 Å². The monoisotopic (exact) mass is 317 g/mol. The molecule has 0 aliphatic heterocycles. The van der Waals surface area contributed by atoms with Crippen molar-refractivity contribution in [2.75, 3.05) is 39.0 Å². The van der Waals surface area contributed by atoms with Crippen LogP contribution in [0.15, 0.2) is 0 Å². The Morgan fingerprint density at radius 3 is 2.42 bits per heavy atom. The van der Waals surface area contributed by atoms with Crippen molar-refractivity contribution in [1.29, 1.82) is 0 Å². The van der Waals surface area contributed by atoms with Crippen molar-refractivity contribution in [3.8, 4) is 0 Å². The first-order valence-electron chi connectivity index (χ1n) is 5.87. The Morgan fingerprint density at radius 2 is 1.89 bits per heavy atom. The van der Waals surface area contributed by atoms with Crippen molar-refractivity contribution in [3.63, 3.8) is 0 Å². The zero-order valence-electron chi connectivity index (χ0n) is 11.6. The molecule has 0 bridgehead atoms. The number of likely N-dealkylation sites (N-methyl/N-ethyl adjacent to an activating group) is 1. The van der Waals surface area contributed by atoms with Gasteiger partial charge in [0.15, 0.2) is 0 Å². The van der Waals surface area contributed by atoms with Crippen molar-refractivity contribution in [1.82, 2.24) is 15.4 Å². The second-order valence-corrected chi connectivity index (χ2v) is 5.94. The number of halogens is 1. The van der Waals surface area contributed by atoms with Crippen molar-refractivity contribution in [3.05, 3.63) is 0 Å². The molecule has 0 saturated carbocycles. The molecule has 19 heavy (non-hydrogen) atoms. The van der Waals surface area contributed by atoms with Crippen LogP contribution in [0.2, 0.25) is 0 Å². The molecule has 0 aliphatic carbocycles. The average molecular weight is 318 g/mol. The van der Waals surface area contributed by atoms with E-state index in [1.807, 2.05) is 13.8 Å². The molecule has 0 spiro atoms. The van der Waals surface area contributed by atoms with Crippen molar-refractivity contribution >= 4 is 28.3 Å². The highest BCUT2D eigenvalue weighted by Gasteiger charge is 2.12. The highest BCUT2D eigenvalue weighted by molar-refractivity contribution is 7.89. The Hall–Kier alpha value is -0.410. The van der Waals surface area contributed by atoms with Crippen LogP contribution in [-0.4, -0.2) is 59.5 Å². The summed E-state index contributed by atoms with van der Waals surface area (Å²) in [7, 11) is -1.69. The smallest absolute Gasteiger partial charge is 0.235 e. The molecule has 116 valence electrons. The molecule has 7 nitrogen and oxygen atoms in total. The lowest BCUT2D eigenvalue weighted by Crippen LogP contribution is -2.40. The van der Waals surface area contributed by atoms with E-state index in [4.69, 9.17) is 4.74 Å². The van der Waals surface area contributed by atoms with Gasteiger partial charge in [-0.25, -0.2) is 13.1 Å². The maximum absolute atomic E-state index is 11.5. The van der Waals surface area contributed by atoms with Crippen LogP contribution in [0.1, 0.15) is 13.8 Å². The highest BCUT2D eigenvalue weighted by atomic mass is 35.5. The van der Waals surface area contributed by atoms with Gasteiger partial charge in [0.05, 0.1) is 25.0 Å². The first-order valence-corrected chi connectivity index (χ1v) is 7.53. The second-order valence-electron chi connectivity index (χ2n) is 4.01. The molecule has 3 N–H and O–H groups in total. The van der Waals surface area contributed by atoms with E-state index in [1.165, 1.54) is 0 Å². The van der Waals surface area contributed by atoms with Crippen LogP contribution in [-0.2, 0) is 19.6 Å². The third kappa shape index (κ3) is 13.8. The minimum atomic E-state index is -3.45. The van der Waals surface area contributed by atoms with Crippen LogP contribution < -0.4 is 15.4 Å². The van der Waals surface area contributed by atoms with Gasteiger partial charge in [0.1, 0.15) is 0 Å². The van der Waals surface area contributed by atoms with E-state index >= 15 is 0 Å². The van der Waals surface area contributed by atoms with E-state index in [2.05, 4.69) is 15.4 Å². The fourth-order valence-electron chi connectivity index (χ4n) is 1.03. The summed E-state index contributed by atoms with van der Waals surface area (Å²) in [5.41, 5.74) is 0. The fraction of sp³-hybridized carbons (Fsp3) is 0.900. The normalized spacial score (nSPS) is 11.2. The molecule has 0 atom stereocenters. The number of nitrogens with one attached hydrogen (secondary N) is 3. The number of amides is 1. The SMILES string of the molecule is CNCCNC(=O)CNS(=O)(=O)CCOC(C)C.Cl. The summed E-state index contributed by atoms with van der Waals surface area (Å²) in [4.78, 5) is 11.2. The first-order chi connectivity index (χ1) is 8.37. The van der Waals surface area contributed by atoms with Gasteiger partial charge < -0.3 is 15.4 Å². The Labute approximate surface area is 121 Å². The summed E-state index contributed by atoms with van der Waals surface area (Å²) < 4.78 is 30.3. The zero-order valence-corrected chi connectivity index (χ0v) is 13.2. The zero-order chi connectivity index (χ0) is 14.0. The minimum Gasteiger partial charge on any atom is -0.378 e. The molecule has 0 unspecified atom stereocenters. The standard InChI is InChI=1S/C10H23N3O4S.ClH/c1-9(2)17-6-7-18(15,16)13-8-10(14)12-5-4-11-3;/h9,11,13H,4-8H2,1-3H3,(H,12,14);1H. The molecule has 0 heterocycles. The lowest BCUT2D eigenvalue weighted by atomic mass is 10.5. The van der Waals surface area contributed by atoms with Gasteiger partial charge in [0, 0.05) is 13.1 Å². The predicted octanol–water partition coefficient (Wildman–Crippen LogP) is -0.912. The van der Waals surface area contributed by atoms with Gasteiger partial charge >= 0.3 is 0 Å². The van der Waals surface area contributed by atoms with Gasteiger partial charge in [-0.1, -0.05) is 0 Å². The average Bonchev–Trinajstić information content (AvgIpc) is 2.26. The van der Waals surface area contributed by atoms with Gasteiger partial charge in [0.25, 0.3) is 0 Å². The van der Waals surface area contributed by atoms with Crippen LogP contribution in [0, 0.1) is 0 Å². The molecule has 0 fully saturated rings. The predicted molar refractivity (Wildman–Crippen MR) is 77.1 cm³/mol. The molecule has 0 radical (unpaired) electrons. The van der Waals surface area contributed by atoms with E-state index in [0.717, 1.165) is 0 Å². The number of rotatable bonds is 10. The van der Waals surface area contributed by atoms with E-state index in [0.29, 0.717) is 13.1 Å². The molecular formula is C10H24ClN3O4S. The fourth-order valence-corrected chi connectivity index (χ4v) is 1.84. The quantitative estimate of drug-likeness (QED) is 0.453. The summed E-state index contributed by atoms with van der Waals surface area (Å²) in [5, 5.41) is 5.43. The molecule has 0 aromatic carbocycles. The summed E-state index contributed by atoms with van der Waals surface area (Å²) >= 11 is 0. The van der Waals surface area contributed by atoms with Gasteiger partial charge in [0.2, 0.25) is 15.9 Å². The van der Waals surface area contributed by atoms with E-state index in [-0.39, 0.29) is 43.3 Å². The Balaban J connectivity index is 0. The van der Waals surface area contributed by atoms with Crippen molar-refractivity contribution in [2.45, 2.75) is 20.0 Å². The molecule has 0 rings (SSSR count). The third-order valence-electron chi connectivity index (χ3n) is 1.95. The van der Waals surface area contributed by atoms with Crippen LogP contribution in [0.5, 0.6) is 0 Å². The number of hydrogen-bond acceptors (Lipinski definition) is 5. The van der Waals surface area contributed by atoms with Crippen LogP contribution in [0.4, 0.5) is 0 Å². The molecule has 0 aromatic heterocycles. The molecule has 1 amide bonds. The maximum atomic E-state index is 11.5. The number of sulfonamides is 1. The summed E-state index contributed by atoms with van der Waals surface area (Å²) in [6.07, 6.45) is -0.00922. The summed E-state index contributed by atoms with van der Waals surface area (Å²) in [5.74, 6) is -0.492. The van der Waals surface area contributed by atoms with Crippen LogP contribution in [0.3, 0.4) is 0 Å². The van der Waals surface area contributed by atoms with Gasteiger partial charge in [-0.3, -0.25) is 4.79 Å². The molecule has 0 aromatic rings. The summed E-state index contributed by atoms with van der Waals surface area (Å²) in [6.45, 7) is 4.64. The second kappa shape index (κ2) is 11.4. The Bertz CT molecular complexity index is 336.